The Morgan fingerprint density at radius 2 is 0.966 bits per heavy atom. The number of nitrogens with two attached hydrogens (primary N) is 3. The summed E-state index contributed by atoms with van der Waals surface area (Å²) in [7, 11) is 1.16. The molecule has 0 aliphatic carbocycles. The summed E-state index contributed by atoms with van der Waals surface area (Å²) in [5, 5.41) is 0. The minimum Gasteiger partial charge on any atom is -0.383 e. The number of rotatable bonds is 17. The van der Waals surface area contributed by atoms with Gasteiger partial charge < -0.3 is 73.2 Å². The number of hydrogen-bond donors (Lipinski definition) is 6. The van der Waals surface area contributed by atoms with E-state index in [2.05, 4.69) is 15.0 Å². The molecule has 0 radical (unpaired) electrons. The summed E-state index contributed by atoms with van der Waals surface area (Å²) in [6.07, 6.45) is -4.06. The van der Waals surface area contributed by atoms with Crippen molar-refractivity contribution in [2.45, 2.75) is 87.9 Å². The van der Waals surface area contributed by atoms with E-state index >= 15 is 0 Å². The molecule has 59 heavy (non-hydrogen) atoms. The van der Waals surface area contributed by atoms with Gasteiger partial charge >= 0.3 is 37.2 Å². The predicted molar refractivity (Wildman–Crippen MR) is 218 cm³/mol. The maximum Gasteiger partial charge on any atom is 0.351 e. The monoisotopic (exact) mass is 945 g/mol. The van der Waals surface area contributed by atoms with Crippen LogP contribution in [0.5, 0.6) is 0 Å². The first-order valence-electron chi connectivity index (χ1n) is 17.6. The summed E-state index contributed by atoms with van der Waals surface area (Å²) in [4.78, 5) is 81.9. The normalized spacial score (nSPS) is 30.2. The second-order valence-corrected chi connectivity index (χ2v) is 21.7. The standard InChI is InChI=1S/C29H42N9O15P3S3/c1-3-15-16(10-24(48-15)36-7-4-21(30)33-27(36)39)52-55(43,58)46-14-20-18(12-26(50-20)38-9-6-23(32)35-29(38)41)53-56(44,59)47-13-19-17(51-54(42,57)45-2)11-25(49-19)37-8-5-22(31)34-28(37)40/h4-9,15-20,24-26H,3,10-14H2,1-2H3,(H,42,57)(H,43,58)(H,44,59)(H2,30,33,39)(H2,31,34,40)(H2,32,35,41)/t15-,16+,17+,18+,19-,20-,24+,25+,26+,54?,55?,56?/m0/s1. The van der Waals surface area contributed by atoms with Crippen molar-refractivity contribution in [2.75, 3.05) is 37.5 Å². The smallest absolute Gasteiger partial charge is 0.351 e. The number of ether oxygens (including phenoxy) is 3. The van der Waals surface area contributed by atoms with Gasteiger partial charge in [0.15, 0.2) is 0 Å². The van der Waals surface area contributed by atoms with Crippen molar-refractivity contribution in [3.05, 3.63) is 68.2 Å². The van der Waals surface area contributed by atoms with Crippen LogP contribution in [0.25, 0.3) is 0 Å². The van der Waals surface area contributed by atoms with Gasteiger partial charge in [0.1, 0.15) is 48.3 Å². The molecule has 3 aromatic heterocycles. The van der Waals surface area contributed by atoms with Gasteiger partial charge in [-0.05, 0) is 60.0 Å². The van der Waals surface area contributed by atoms with Gasteiger partial charge in [-0.25, -0.2) is 14.4 Å². The Morgan fingerprint density at radius 3 is 1.29 bits per heavy atom. The number of nitrogen functional groups attached to an aromatic ring is 3. The maximum atomic E-state index is 12.8. The minimum absolute atomic E-state index is 0.0134. The average molecular weight is 946 g/mol. The van der Waals surface area contributed by atoms with E-state index in [-0.39, 0.29) is 36.7 Å². The van der Waals surface area contributed by atoms with Gasteiger partial charge in [0.25, 0.3) is 0 Å². The molecule has 0 aromatic carbocycles. The number of nitrogens with zero attached hydrogens (tertiary/aromatic N) is 6. The van der Waals surface area contributed by atoms with Crippen molar-refractivity contribution in [1.29, 1.82) is 0 Å². The largest absolute Gasteiger partial charge is 0.383 e. The molecule has 9 N–H and O–H groups in total. The van der Waals surface area contributed by atoms with Crippen LogP contribution in [0.4, 0.5) is 17.5 Å². The fourth-order valence-electron chi connectivity index (χ4n) is 6.50. The van der Waals surface area contributed by atoms with Crippen LogP contribution in [0.1, 0.15) is 51.3 Å². The quantitative estimate of drug-likeness (QED) is 0.0989. The highest BCUT2D eigenvalue weighted by atomic mass is 32.5. The zero-order valence-corrected chi connectivity index (χ0v) is 36.3. The minimum atomic E-state index is -4.24. The first-order chi connectivity index (χ1) is 27.7. The Kier molecular flexibility index (Phi) is 14.7. The van der Waals surface area contributed by atoms with E-state index in [9.17, 15) is 29.1 Å². The highest BCUT2D eigenvalue weighted by Crippen LogP contribution is 2.53. The molecule has 12 atom stereocenters. The van der Waals surface area contributed by atoms with Crippen LogP contribution in [-0.4, -0.2) is 100 Å². The molecule has 3 saturated heterocycles. The predicted octanol–water partition coefficient (Wildman–Crippen LogP) is 0.262. The van der Waals surface area contributed by atoms with Crippen LogP contribution in [-0.2, 0) is 76.8 Å². The van der Waals surface area contributed by atoms with E-state index in [1.807, 2.05) is 6.92 Å². The topological polar surface area (TPSA) is 326 Å². The number of aromatic nitrogens is 6. The zero-order chi connectivity index (χ0) is 42.9. The Balaban J connectivity index is 1.15. The van der Waals surface area contributed by atoms with Gasteiger partial charge in [-0.15, -0.1) is 0 Å². The second kappa shape index (κ2) is 18.9. The summed E-state index contributed by atoms with van der Waals surface area (Å²) >= 11 is 15.8. The molecule has 0 bridgehead atoms. The van der Waals surface area contributed by atoms with Crippen molar-refractivity contribution in [2.24, 2.45) is 0 Å². The maximum absolute atomic E-state index is 12.8. The van der Waals surface area contributed by atoms with E-state index in [1.165, 1.54) is 41.4 Å². The number of anilines is 3. The lowest BCUT2D eigenvalue weighted by molar-refractivity contribution is -0.0524. The Labute approximate surface area is 350 Å². The molecule has 0 saturated carbocycles. The molecule has 3 fully saturated rings. The van der Waals surface area contributed by atoms with Crippen LogP contribution >= 0.6 is 20.2 Å². The summed E-state index contributed by atoms with van der Waals surface area (Å²) in [6.45, 7) is -11.2. The first kappa shape index (κ1) is 46.0. The van der Waals surface area contributed by atoms with Crippen molar-refractivity contribution in [3.63, 3.8) is 0 Å². The molecular weight excluding hydrogens is 903 g/mol. The fourth-order valence-corrected chi connectivity index (χ4v) is 10.4. The van der Waals surface area contributed by atoms with Gasteiger partial charge in [-0.1, -0.05) is 6.92 Å². The molecule has 0 spiro atoms. The summed E-state index contributed by atoms with van der Waals surface area (Å²) < 4.78 is 55.4. The second-order valence-electron chi connectivity index (χ2n) is 13.2. The van der Waals surface area contributed by atoms with Crippen LogP contribution in [0.15, 0.2) is 51.2 Å². The molecule has 3 aliphatic heterocycles. The van der Waals surface area contributed by atoms with Crippen molar-refractivity contribution in [1.82, 2.24) is 28.7 Å². The van der Waals surface area contributed by atoms with E-state index in [0.29, 0.717) is 6.42 Å². The molecule has 6 heterocycles. The van der Waals surface area contributed by atoms with E-state index < -0.39 is 106 Å². The van der Waals surface area contributed by atoms with Crippen LogP contribution in [0.2, 0.25) is 0 Å². The molecule has 3 aromatic rings. The number of hydrogen-bond acceptors (Lipinski definition) is 21. The lowest BCUT2D eigenvalue weighted by Gasteiger charge is -2.27. The van der Waals surface area contributed by atoms with Crippen molar-refractivity contribution < 1.29 is 56.0 Å². The third kappa shape index (κ3) is 11.7. The molecular formula is C29H42N9O15P3S3. The first-order valence-corrected chi connectivity index (χ1v) is 25.4. The van der Waals surface area contributed by atoms with E-state index in [1.54, 1.807) is 0 Å². The van der Waals surface area contributed by atoms with Gasteiger partial charge in [0.2, 0.25) is 0 Å². The molecule has 3 unspecified atom stereocenters. The lowest BCUT2D eigenvalue weighted by Crippen LogP contribution is -2.31. The van der Waals surface area contributed by atoms with Crippen molar-refractivity contribution >= 4 is 73.0 Å². The Morgan fingerprint density at radius 1 is 0.644 bits per heavy atom. The van der Waals surface area contributed by atoms with E-state index in [4.69, 9.17) is 94.0 Å². The Hall–Kier alpha value is -2.49. The lowest BCUT2D eigenvalue weighted by atomic mass is 10.1. The highest BCUT2D eigenvalue weighted by molar-refractivity contribution is 8.07. The molecule has 326 valence electrons. The SMILES string of the molecule is CC[C@@H]1O[C@@H](n2ccc(N)nc2=O)C[C@H]1OP(O)(=S)OC[C@@H]1O[C@@H](n2ccc(N)nc2=O)C[C@H]1OP(O)(=S)OC[C@@H]1O[C@@H](n2ccc(N)nc2=O)C[C@H]1OP(O)(=S)OC. The van der Waals surface area contributed by atoms with Crippen LogP contribution in [0.3, 0.4) is 0 Å². The van der Waals surface area contributed by atoms with E-state index in [0.717, 1.165) is 16.2 Å². The van der Waals surface area contributed by atoms with Crippen LogP contribution < -0.4 is 34.3 Å². The Bertz CT molecular complexity index is 2330. The molecule has 6 rings (SSSR count). The van der Waals surface area contributed by atoms with Crippen molar-refractivity contribution in [3.8, 4) is 0 Å². The summed E-state index contributed by atoms with van der Waals surface area (Å²) in [5.41, 5.74) is 14.8. The fraction of sp³-hybridized carbons (Fsp3) is 0.586. The molecule has 24 nitrogen and oxygen atoms in total. The van der Waals surface area contributed by atoms with Gasteiger partial charge in [0.05, 0.1) is 37.6 Å². The average Bonchev–Trinajstić information content (AvgIpc) is 3.86. The zero-order valence-electron chi connectivity index (χ0n) is 31.1. The molecule has 0 amide bonds. The summed E-state index contributed by atoms with van der Waals surface area (Å²) in [6, 6.07) is 4.20. The highest BCUT2D eigenvalue weighted by Gasteiger charge is 2.45. The van der Waals surface area contributed by atoms with Gasteiger partial charge in [-0.3, -0.25) is 13.7 Å². The van der Waals surface area contributed by atoms with Crippen LogP contribution in [0, 0.1) is 0 Å². The third-order valence-corrected chi connectivity index (χ3v) is 14.1. The van der Waals surface area contributed by atoms with Gasteiger partial charge in [-0.2, -0.15) is 15.0 Å². The van der Waals surface area contributed by atoms with Gasteiger partial charge in [0, 0.05) is 45.0 Å². The third-order valence-electron chi connectivity index (χ3n) is 9.27. The summed E-state index contributed by atoms with van der Waals surface area (Å²) in [5.74, 6) is -0.00548. The molecule has 30 heteroatoms. The molecule has 3 aliphatic rings.